The molecule has 37 valence electrons. The van der Waals surface area contributed by atoms with Gasteiger partial charge in [0.25, 0.3) is 0 Å². The zero-order valence-electron chi connectivity index (χ0n) is 3.11. The Bertz CT molecular complexity index is 147. The van der Waals surface area contributed by atoms with Gasteiger partial charge in [-0.05, 0) is 0 Å². The van der Waals surface area contributed by atoms with E-state index in [0.29, 0.717) is 0 Å². The van der Waals surface area contributed by atoms with E-state index >= 15 is 0 Å². The Balaban J connectivity index is 3.04. The van der Waals surface area contributed by atoms with Crippen molar-refractivity contribution in [2.75, 3.05) is 0 Å². The smallest absolute Gasteiger partial charge is 0.207 e. The largest absolute Gasteiger partial charge is 0.220 e. The Labute approximate surface area is 48.8 Å². The van der Waals surface area contributed by atoms with Gasteiger partial charge in [0.15, 0.2) is 4.47 Å². The van der Waals surface area contributed by atoms with E-state index in [4.69, 9.17) is 11.6 Å². The van der Waals surface area contributed by atoms with E-state index in [1.54, 1.807) is 0 Å². The number of thiazole rings is 1. The predicted molar refractivity (Wildman–Crippen MR) is 25.9 cm³/mol. The van der Waals surface area contributed by atoms with Crippen molar-refractivity contribution >= 4 is 22.9 Å². The zero-order valence-corrected chi connectivity index (χ0v) is 4.68. The Morgan fingerprint density at radius 1 is 1.86 bits per heavy atom. The molecule has 1 aromatic rings. The number of hydrogen-bond donors (Lipinski definition) is 0. The lowest BCUT2D eigenvalue weighted by atomic mass is 11.0. The lowest BCUT2D eigenvalue weighted by Gasteiger charge is -1.62. The summed E-state index contributed by atoms with van der Waals surface area (Å²) in [6.07, 6.45) is 2.04. The molecule has 0 aliphatic heterocycles. The standard InChI is InChI=1S/C3ClFNS/c4-3-6-1-2(5)7-3. The lowest BCUT2D eigenvalue weighted by Crippen LogP contribution is -1.53. The molecular weight excluding hydrogens is 137 g/mol. The maximum Gasteiger partial charge on any atom is 0.207 e. The molecular formula is C3ClFNS. The number of nitrogens with zero attached hydrogens (tertiary/aromatic N) is 1. The minimum Gasteiger partial charge on any atom is -0.220 e. The summed E-state index contributed by atoms with van der Waals surface area (Å²) in [4.78, 5) is 3.30. The van der Waals surface area contributed by atoms with Crippen LogP contribution in [-0.4, -0.2) is 4.98 Å². The summed E-state index contributed by atoms with van der Waals surface area (Å²) in [6, 6.07) is 0. The molecule has 0 bridgehead atoms. The molecule has 0 saturated heterocycles. The third-order valence-electron chi connectivity index (χ3n) is 0.406. The molecule has 0 aliphatic carbocycles. The molecule has 1 nitrogen and oxygen atoms in total. The fourth-order valence-corrected chi connectivity index (χ4v) is 0.783. The van der Waals surface area contributed by atoms with Gasteiger partial charge in [0.2, 0.25) is 5.13 Å². The predicted octanol–water partition coefficient (Wildman–Crippen LogP) is 1.74. The van der Waals surface area contributed by atoms with Crippen LogP contribution in [0, 0.1) is 11.3 Å². The molecule has 1 aromatic heterocycles. The number of aromatic nitrogens is 1. The van der Waals surface area contributed by atoms with Crippen LogP contribution in [-0.2, 0) is 0 Å². The van der Waals surface area contributed by atoms with Crippen LogP contribution in [0.2, 0.25) is 4.47 Å². The average Bonchev–Trinajstić information content (AvgIpc) is 1.87. The maximum absolute atomic E-state index is 11.7. The Morgan fingerprint density at radius 2 is 2.57 bits per heavy atom. The summed E-state index contributed by atoms with van der Waals surface area (Å²) in [6.45, 7) is 0. The molecule has 1 radical (unpaired) electrons. The summed E-state index contributed by atoms with van der Waals surface area (Å²) in [7, 11) is 0. The van der Waals surface area contributed by atoms with Crippen molar-refractivity contribution in [1.29, 1.82) is 0 Å². The maximum atomic E-state index is 11.7. The highest BCUT2D eigenvalue weighted by molar-refractivity contribution is 7.14. The van der Waals surface area contributed by atoms with E-state index in [9.17, 15) is 4.39 Å². The van der Waals surface area contributed by atoms with Crippen molar-refractivity contribution in [3.8, 4) is 0 Å². The number of rotatable bonds is 0. The minimum absolute atomic E-state index is 0.192. The third kappa shape index (κ3) is 1.11. The van der Waals surface area contributed by atoms with Gasteiger partial charge in [-0.1, -0.05) is 22.9 Å². The van der Waals surface area contributed by atoms with Crippen LogP contribution in [0.5, 0.6) is 0 Å². The quantitative estimate of drug-likeness (QED) is 0.530. The summed E-state index contributed by atoms with van der Waals surface area (Å²) >= 11 is 5.97. The Morgan fingerprint density at radius 3 is 2.71 bits per heavy atom. The highest BCUT2D eigenvalue weighted by Gasteiger charge is 1.94. The normalized spacial score (nSPS) is 9.43. The van der Waals surface area contributed by atoms with Crippen molar-refractivity contribution in [2.45, 2.75) is 0 Å². The van der Waals surface area contributed by atoms with Crippen LogP contribution in [0.25, 0.3) is 0 Å². The fraction of sp³-hybridized carbons (Fsp3) is 0. The van der Waals surface area contributed by atoms with Gasteiger partial charge < -0.3 is 0 Å². The summed E-state index contributed by atoms with van der Waals surface area (Å²) in [5.74, 6) is 0. The van der Waals surface area contributed by atoms with Crippen molar-refractivity contribution in [1.82, 2.24) is 4.98 Å². The van der Waals surface area contributed by atoms with Crippen LogP contribution < -0.4 is 0 Å². The van der Waals surface area contributed by atoms with Gasteiger partial charge >= 0.3 is 0 Å². The highest BCUT2D eigenvalue weighted by Crippen LogP contribution is 2.14. The molecule has 0 saturated carbocycles. The first kappa shape index (κ1) is 5.00. The molecule has 0 aliphatic rings. The highest BCUT2D eigenvalue weighted by atomic mass is 35.5. The lowest BCUT2D eigenvalue weighted by molar-refractivity contribution is 0.651. The molecule has 1 heterocycles. The van der Waals surface area contributed by atoms with Crippen molar-refractivity contribution in [2.24, 2.45) is 0 Å². The molecule has 0 amide bonds. The second kappa shape index (κ2) is 1.76. The van der Waals surface area contributed by atoms with Crippen molar-refractivity contribution in [3.63, 3.8) is 0 Å². The van der Waals surface area contributed by atoms with Gasteiger partial charge in [-0.15, -0.1) is 0 Å². The van der Waals surface area contributed by atoms with Gasteiger partial charge in [-0.3, -0.25) is 0 Å². The first-order chi connectivity index (χ1) is 3.29. The monoisotopic (exact) mass is 136 g/mol. The molecule has 0 spiro atoms. The van der Waals surface area contributed by atoms with Crippen LogP contribution in [0.3, 0.4) is 0 Å². The topological polar surface area (TPSA) is 12.9 Å². The molecule has 0 aromatic carbocycles. The van der Waals surface area contributed by atoms with Gasteiger partial charge in [0, 0.05) is 0 Å². The van der Waals surface area contributed by atoms with Gasteiger partial charge in [0.1, 0.15) is 6.20 Å². The number of hydrogen-bond acceptors (Lipinski definition) is 2. The molecule has 4 heteroatoms. The van der Waals surface area contributed by atoms with E-state index in [1.807, 2.05) is 6.20 Å². The molecule has 7 heavy (non-hydrogen) atoms. The number of halogens is 2. The second-order valence-electron chi connectivity index (χ2n) is 0.852. The van der Waals surface area contributed by atoms with E-state index in [0.717, 1.165) is 11.3 Å². The first-order valence-corrected chi connectivity index (χ1v) is 2.68. The van der Waals surface area contributed by atoms with E-state index in [1.165, 1.54) is 0 Å². The molecule has 0 fully saturated rings. The van der Waals surface area contributed by atoms with Crippen LogP contribution >= 0.6 is 22.9 Å². The zero-order chi connectivity index (χ0) is 5.28. The summed E-state index contributed by atoms with van der Waals surface area (Å²) in [5.41, 5.74) is 0. The first-order valence-electron chi connectivity index (χ1n) is 1.48. The van der Waals surface area contributed by atoms with Crippen molar-refractivity contribution < 1.29 is 4.39 Å². The van der Waals surface area contributed by atoms with Gasteiger partial charge in [-0.2, -0.15) is 4.39 Å². The summed E-state index contributed by atoms with van der Waals surface area (Å²) in [5, 5.41) is -0.468. The molecule has 0 unspecified atom stereocenters. The van der Waals surface area contributed by atoms with E-state index in [-0.39, 0.29) is 4.47 Å². The molecule has 0 N–H and O–H groups in total. The van der Waals surface area contributed by atoms with Gasteiger partial charge in [0.05, 0.1) is 0 Å². The van der Waals surface area contributed by atoms with Crippen LogP contribution in [0.1, 0.15) is 0 Å². The van der Waals surface area contributed by atoms with E-state index in [2.05, 4.69) is 4.98 Å². The SMILES string of the molecule is Fc1[c]nc(Cl)s1. The molecule has 0 atom stereocenters. The second-order valence-corrected chi connectivity index (χ2v) is 2.38. The Kier molecular flexibility index (Phi) is 1.25. The van der Waals surface area contributed by atoms with E-state index < -0.39 is 5.13 Å². The Hall–Kier alpha value is -0.150. The minimum atomic E-state index is -0.468. The van der Waals surface area contributed by atoms with Crippen molar-refractivity contribution in [3.05, 3.63) is 15.8 Å². The van der Waals surface area contributed by atoms with Crippen LogP contribution in [0.15, 0.2) is 0 Å². The van der Waals surface area contributed by atoms with Gasteiger partial charge in [-0.25, -0.2) is 4.98 Å². The molecule has 1 rings (SSSR count). The summed E-state index contributed by atoms with van der Waals surface area (Å²) < 4.78 is 11.9. The fourth-order valence-electron chi connectivity index (χ4n) is 0.207. The van der Waals surface area contributed by atoms with Crippen LogP contribution in [0.4, 0.5) is 4.39 Å². The average molecular weight is 137 g/mol. The third-order valence-corrected chi connectivity index (χ3v) is 1.25.